The summed E-state index contributed by atoms with van der Waals surface area (Å²) in [5.41, 5.74) is 1.99. The van der Waals surface area contributed by atoms with Crippen molar-refractivity contribution in [3.05, 3.63) is 59.7 Å². The summed E-state index contributed by atoms with van der Waals surface area (Å²) >= 11 is 0. The van der Waals surface area contributed by atoms with E-state index in [2.05, 4.69) is 10.6 Å². The number of anilines is 2. The summed E-state index contributed by atoms with van der Waals surface area (Å²) < 4.78 is 0. The molecule has 0 bridgehead atoms. The van der Waals surface area contributed by atoms with Crippen LogP contribution in [0.15, 0.2) is 48.5 Å². The molecule has 0 aliphatic carbocycles. The summed E-state index contributed by atoms with van der Waals surface area (Å²) in [7, 11) is 0. The highest BCUT2D eigenvalue weighted by Crippen LogP contribution is 2.22. The van der Waals surface area contributed by atoms with E-state index in [0.29, 0.717) is 35.3 Å². The molecule has 0 unspecified atom stereocenters. The third-order valence-corrected chi connectivity index (χ3v) is 4.41. The number of rotatable bonds is 7. The van der Waals surface area contributed by atoms with Crippen molar-refractivity contribution >= 4 is 35.0 Å². The van der Waals surface area contributed by atoms with E-state index >= 15 is 0 Å². The topological polar surface area (TPSA) is 95.6 Å². The first-order chi connectivity index (χ1) is 13.5. The van der Waals surface area contributed by atoms with E-state index in [0.717, 1.165) is 0 Å². The van der Waals surface area contributed by atoms with Crippen LogP contribution in [0.5, 0.6) is 0 Å². The quantitative estimate of drug-likeness (QED) is 0.723. The van der Waals surface area contributed by atoms with E-state index in [1.165, 1.54) is 4.90 Å². The average molecular weight is 379 g/mol. The Morgan fingerprint density at radius 2 is 1.43 bits per heavy atom. The Morgan fingerprint density at radius 1 is 0.857 bits per heavy atom. The van der Waals surface area contributed by atoms with Crippen molar-refractivity contribution in [1.29, 1.82) is 0 Å². The van der Waals surface area contributed by atoms with Crippen molar-refractivity contribution < 1.29 is 19.2 Å². The van der Waals surface area contributed by atoms with Gasteiger partial charge in [0.05, 0.1) is 11.1 Å². The van der Waals surface area contributed by atoms with Gasteiger partial charge in [0.15, 0.2) is 0 Å². The zero-order chi connectivity index (χ0) is 20.1. The summed E-state index contributed by atoms with van der Waals surface area (Å²) in [5.74, 6) is -0.972. The molecule has 144 valence electrons. The smallest absolute Gasteiger partial charge is 0.261 e. The summed E-state index contributed by atoms with van der Waals surface area (Å²) in [6.45, 7) is 1.95. The molecule has 7 heteroatoms. The van der Waals surface area contributed by atoms with Crippen LogP contribution in [0.1, 0.15) is 46.9 Å². The van der Waals surface area contributed by atoms with E-state index < -0.39 is 0 Å². The maximum atomic E-state index is 12.3. The molecule has 4 amide bonds. The zero-order valence-electron chi connectivity index (χ0n) is 15.5. The maximum absolute atomic E-state index is 12.3. The zero-order valence-corrected chi connectivity index (χ0v) is 15.5. The molecule has 7 nitrogen and oxygen atoms in total. The number of imide groups is 1. The van der Waals surface area contributed by atoms with Crippen LogP contribution in [-0.2, 0) is 9.59 Å². The number of nitrogens with zero attached hydrogens (tertiary/aromatic N) is 1. The second-order valence-electron chi connectivity index (χ2n) is 6.44. The molecule has 2 aromatic carbocycles. The minimum absolute atomic E-state index is 0.107. The lowest BCUT2D eigenvalue weighted by molar-refractivity contribution is -0.116. The van der Waals surface area contributed by atoms with Gasteiger partial charge in [0.25, 0.3) is 11.8 Å². The number of carbonyl (C=O) groups is 4. The Bertz CT molecular complexity index is 904. The molecular weight excluding hydrogens is 358 g/mol. The van der Waals surface area contributed by atoms with Gasteiger partial charge in [0.2, 0.25) is 11.8 Å². The minimum Gasteiger partial charge on any atom is -0.326 e. The molecule has 0 saturated carbocycles. The van der Waals surface area contributed by atoms with Gasteiger partial charge in [0, 0.05) is 30.8 Å². The molecule has 0 saturated heterocycles. The van der Waals surface area contributed by atoms with Crippen molar-refractivity contribution in [2.24, 2.45) is 0 Å². The number of hydrogen-bond acceptors (Lipinski definition) is 4. The average Bonchev–Trinajstić information content (AvgIpc) is 2.93. The number of fused-ring (bicyclic) bond motifs is 1. The molecule has 28 heavy (non-hydrogen) atoms. The highest BCUT2D eigenvalue weighted by Gasteiger charge is 2.34. The van der Waals surface area contributed by atoms with Crippen molar-refractivity contribution in [3.63, 3.8) is 0 Å². The van der Waals surface area contributed by atoms with Gasteiger partial charge in [-0.25, -0.2) is 0 Å². The van der Waals surface area contributed by atoms with E-state index in [9.17, 15) is 19.2 Å². The van der Waals surface area contributed by atoms with Crippen molar-refractivity contribution in [2.75, 3.05) is 17.2 Å². The molecule has 2 aromatic rings. The van der Waals surface area contributed by atoms with Crippen LogP contribution in [0.4, 0.5) is 11.4 Å². The summed E-state index contributed by atoms with van der Waals surface area (Å²) in [6.07, 6.45) is 0.900. The molecule has 0 fully saturated rings. The standard InChI is InChI=1S/C21H21N3O4/c1-2-18(25)22-14-7-5-8-15(13-14)23-19(26)11-6-12-24-20(27)16-9-3-4-10-17(16)21(24)28/h3-5,7-10,13H,2,6,11-12H2,1H3,(H,22,25)(H,23,26). The summed E-state index contributed by atoms with van der Waals surface area (Å²) in [6, 6.07) is 13.6. The van der Waals surface area contributed by atoms with Gasteiger partial charge in [-0.05, 0) is 36.8 Å². The summed E-state index contributed by atoms with van der Waals surface area (Å²) in [5, 5.41) is 5.49. The van der Waals surface area contributed by atoms with Gasteiger partial charge in [-0.15, -0.1) is 0 Å². The van der Waals surface area contributed by atoms with Crippen LogP contribution < -0.4 is 10.6 Å². The first-order valence-corrected chi connectivity index (χ1v) is 9.14. The Labute approximate surface area is 162 Å². The van der Waals surface area contributed by atoms with Crippen molar-refractivity contribution in [3.8, 4) is 0 Å². The number of benzene rings is 2. The Morgan fingerprint density at radius 3 is 2.00 bits per heavy atom. The van der Waals surface area contributed by atoms with E-state index in [1.807, 2.05) is 0 Å². The highest BCUT2D eigenvalue weighted by atomic mass is 16.2. The lowest BCUT2D eigenvalue weighted by atomic mass is 10.1. The molecule has 1 heterocycles. The van der Waals surface area contributed by atoms with Gasteiger partial charge >= 0.3 is 0 Å². The fraction of sp³-hybridized carbons (Fsp3) is 0.238. The van der Waals surface area contributed by atoms with Crippen LogP contribution in [0.25, 0.3) is 0 Å². The third kappa shape index (κ3) is 4.25. The number of carbonyl (C=O) groups excluding carboxylic acids is 4. The Hall–Kier alpha value is -3.48. The monoisotopic (exact) mass is 379 g/mol. The van der Waals surface area contributed by atoms with Crippen LogP contribution >= 0.6 is 0 Å². The van der Waals surface area contributed by atoms with Crippen LogP contribution in [0, 0.1) is 0 Å². The molecule has 1 aliphatic rings. The maximum Gasteiger partial charge on any atom is 0.261 e. The molecule has 0 spiro atoms. The normalized spacial score (nSPS) is 12.7. The van der Waals surface area contributed by atoms with E-state index in [1.54, 1.807) is 55.5 Å². The summed E-state index contributed by atoms with van der Waals surface area (Å²) in [4.78, 5) is 49.4. The first-order valence-electron chi connectivity index (χ1n) is 9.14. The van der Waals surface area contributed by atoms with E-state index in [4.69, 9.17) is 0 Å². The van der Waals surface area contributed by atoms with Gasteiger partial charge in [-0.2, -0.15) is 0 Å². The highest BCUT2D eigenvalue weighted by molar-refractivity contribution is 6.21. The molecule has 2 N–H and O–H groups in total. The van der Waals surface area contributed by atoms with Crippen LogP contribution in [0.3, 0.4) is 0 Å². The minimum atomic E-state index is -0.319. The molecule has 0 aromatic heterocycles. The number of nitrogens with one attached hydrogen (secondary N) is 2. The Balaban J connectivity index is 1.51. The van der Waals surface area contributed by atoms with E-state index in [-0.39, 0.29) is 36.6 Å². The largest absolute Gasteiger partial charge is 0.326 e. The predicted molar refractivity (Wildman–Crippen MR) is 105 cm³/mol. The van der Waals surface area contributed by atoms with Gasteiger partial charge in [0.1, 0.15) is 0 Å². The van der Waals surface area contributed by atoms with Crippen LogP contribution in [-0.4, -0.2) is 35.1 Å². The Kier molecular flexibility index (Phi) is 5.84. The fourth-order valence-electron chi connectivity index (χ4n) is 2.99. The second kappa shape index (κ2) is 8.47. The fourth-order valence-corrected chi connectivity index (χ4v) is 2.99. The predicted octanol–water partition coefficient (Wildman–Crippen LogP) is 3.05. The third-order valence-electron chi connectivity index (χ3n) is 4.41. The number of hydrogen-bond donors (Lipinski definition) is 2. The van der Waals surface area contributed by atoms with Gasteiger partial charge in [-0.3, -0.25) is 24.1 Å². The molecule has 3 rings (SSSR count). The molecule has 0 radical (unpaired) electrons. The van der Waals surface area contributed by atoms with Crippen molar-refractivity contribution in [2.45, 2.75) is 26.2 Å². The van der Waals surface area contributed by atoms with Gasteiger partial charge < -0.3 is 10.6 Å². The first kappa shape index (κ1) is 19.3. The molecule has 1 aliphatic heterocycles. The number of amides is 4. The second-order valence-corrected chi connectivity index (χ2v) is 6.44. The van der Waals surface area contributed by atoms with Gasteiger partial charge in [-0.1, -0.05) is 25.1 Å². The lowest BCUT2D eigenvalue weighted by Gasteiger charge is -2.13. The molecular formula is C21H21N3O4. The lowest BCUT2D eigenvalue weighted by Crippen LogP contribution is -2.31. The van der Waals surface area contributed by atoms with Crippen molar-refractivity contribution in [1.82, 2.24) is 4.90 Å². The SMILES string of the molecule is CCC(=O)Nc1cccc(NC(=O)CCCN2C(=O)c3ccccc3C2=O)c1. The van der Waals surface area contributed by atoms with Crippen LogP contribution in [0.2, 0.25) is 0 Å². The molecule has 0 atom stereocenters.